The second-order valence-electron chi connectivity index (χ2n) is 5.32. The van der Waals surface area contributed by atoms with Gasteiger partial charge in [0.15, 0.2) is 11.6 Å². The van der Waals surface area contributed by atoms with E-state index in [0.717, 1.165) is 24.2 Å². The molecule has 0 aliphatic heterocycles. The van der Waals surface area contributed by atoms with Crippen LogP contribution in [0.2, 0.25) is 0 Å². The third kappa shape index (κ3) is 2.86. The SMILES string of the molecule is CCC(CC)C(C)n1c(CCl)nc2cc(F)c(OC)cc21. The minimum Gasteiger partial charge on any atom is -0.494 e. The molecule has 0 N–H and O–H groups in total. The minimum atomic E-state index is -0.397. The Balaban J connectivity index is 2.64. The predicted octanol–water partition coefficient (Wildman–Crippen LogP) is 4.92. The first kappa shape index (κ1) is 16.1. The summed E-state index contributed by atoms with van der Waals surface area (Å²) in [4.78, 5) is 4.47. The van der Waals surface area contributed by atoms with E-state index in [2.05, 4.69) is 30.3 Å². The Morgan fingerprint density at radius 2 is 2.00 bits per heavy atom. The Labute approximate surface area is 130 Å². The number of benzene rings is 1. The van der Waals surface area contributed by atoms with Gasteiger partial charge in [0.1, 0.15) is 5.82 Å². The summed E-state index contributed by atoms with van der Waals surface area (Å²) in [5.74, 6) is 1.45. The van der Waals surface area contributed by atoms with Crippen molar-refractivity contribution in [2.45, 2.75) is 45.5 Å². The van der Waals surface area contributed by atoms with Crippen molar-refractivity contribution < 1.29 is 9.13 Å². The van der Waals surface area contributed by atoms with Gasteiger partial charge in [-0.3, -0.25) is 0 Å². The number of methoxy groups -OCH3 is 1. The average molecular weight is 313 g/mol. The molecule has 0 aliphatic carbocycles. The summed E-state index contributed by atoms with van der Waals surface area (Å²) in [5.41, 5.74) is 1.50. The van der Waals surface area contributed by atoms with Gasteiger partial charge < -0.3 is 9.30 Å². The van der Waals surface area contributed by atoms with Crippen molar-refractivity contribution in [2.75, 3.05) is 7.11 Å². The monoisotopic (exact) mass is 312 g/mol. The summed E-state index contributed by atoms with van der Waals surface area (Å²) < 4.78 is 21.1. The molecule has 116 valence electrons. The van der Waals surface area contributed by atoms with Crippen LogP contribution in [-0.2, 0) is 5.88 Å². The Hall–Kier alpha value is -1.29. The molecule has 5 heteroatoms. The highest BCUT2D eigenvalue weighted by Crippen LogP contribution is 2.33. The number of hydrogen-bond acceptors (Lipinski definition) is 2. The molecule has 0 spiro atoms. The number of ether oxygens (including phenoxy) is 1. The molecule has 0 bridgehead atoms. The van der Waals surface area contributed by atoms with Gasteiger partial charge in [-0.1, -0.05) is 26.7 Å². The Morgan fingerprint density at radius 3 is 2.52 bits per heavy atom. The molecule has 1 heterocycles. The first-order chi connectivity index (χ1) is 10.1. The lowest BCUT2D eigenvalue weighted by atomic mass is 9.95. The fourth-order valence-corrected chi connectivity index (χ4v) is 3.22. The van der Waals surface area contributed by atoms with Crippen molar-refractivity contribution in [2.24, 2.45) is 5.92 Å². The standard InChI is InChI=1S/C16H22ClFN2O/c1-5-11(6-2)10(3)20-14-8-15(21-4)12(18)7-13(14)19-16(20)9-17/h7-8,10-11H,5-6,9H2,1-4H3. The lowest BCUT2D eigenvalue weighted by Gasteiger charge is -2.25. The highest BCUT2D eigenvalue weighted by Gasteiger charge is 2.22. The number of halogens is 2. The van der Waals surface area contributed by atoms with E-state index in [0.29, 0.717) is 17.3 Å². The first-order valence-electron chi connectivity index (χ1n) is 7.37. The summed E-state index contributed by atoms with van der Waals surface area (Å²) in [7, 11) is 1.47. The predicted molar refractivity (Wildman–Crippen MR) is 84.6 cm³/mol. The van der Waals surface area contributed by atoms with Gasteiger partial charge in [0.25, 0.3) is 0 Å². The number of hydrogen-bond donors (Lipinski definition) is 0. The van der Waals surface area contributed by atoms with Gasteiger partial charge in [-0.2, -0.15) is 0 Å². The van der Waals surface area contributed by atoms with Crippen molar-refractivity contribution in [3.63, 3.8) is 0 Å². The maximum Gasteiger partial charge on any atom is 0.167 e. The number of alkyl halides is 1. The van der Waals surface area contributed by atoms with Crippen molar-refractivity contribution in [3.05, 3.63) is 23.8 Å². The molecule has 0 aliphatic rings. The van der Waals surface area contributed by atoms with Crippen LogP contribution in [0.15, 0.2) is 12.1 Å². The maximum atomic E-state index is 13.8. The van der Waals surface area contributed by atoms with Crippen molar-refractivity contribution >= 4 is 22.6 Å². The van der Waals surface area contributed by atoms with Crippen LogP contribution in [-0.4, -0.2) is 16.7 Å². The Kier molecular flexibility index (Phi) is 5.09. The summed E-state index contributed by atoms with van der Waals surface area (Å²) in [6, 6.07) is 3.39. The van der Waals surface area contributed by atoms with Gasteiger partial charge >= 0.3 is 0 Å². The van der Waals surface area contributed by atoms with E-state index in [-0.39, 0.29) is 11.8 Å². The number of imidazole rings is 1. The Morgan fingerprint density at radius 1 is 1.33 bits per heavy atom. The summed E-state index contributed by atoms with van der Waals surface area (Å²) >= 11 is 6.04. The van der Waals surface area contributed by atoms with Crippen LogP contribution in [0.1, 0.15) is 45.5 Å². The van der Waals surface area contributed by atoms with Crippen LogP contribution in [0.4, 0.5) is 4.39 Å². The van der Waals surface area contributed by atoms with Gasteiger partial charge in [-0.25, -0.2) is 9.37 Å². The van der Waals surface area contributed by atoms with Crippen LogP contribution in [0, 0.1) is 11.7 Å². The minimum absolute atomic E-state index is 0.238. The van der Waals surface area contributed by atoms with Gasteiger partial charge in [-0.15, -0.1) is 11.6 Å². The van der Waals surface area contributed by atoms with Crippen LogP contribution in [0.3, 0.4) is 0 Å². The maximum absolute atomic E-state index is 13.8. The number of fused-ring (bicyclic) bond motifs is 1. The second-order valence-corrected chi connectivity index (χ2v) is 5.59. The zero-order chi connectivity index (χ0) is 15.6. The average Bonchev–Trinajstić information content (AvgIpc) is 2.84. The smallest absolute Gasteiger partial charge is 0.167 e. The van der Waals surface area contributed by atoms with Gasteiger partial charge in [0.05, 0.1) is 24.0 Å². The largest absolute Gasteiger partial charge is 0.494 e. The molecule has 0 radical (unpaired) electrons. The first-order valence-corrected chi connectivity index (χ1v) is 7.91. The quantitative estimate of drug-likeness (QED) is 0.708. The Bertz CT molecular complexity index is 622. The van der Waals surface area contributed by atoms with Crippen molar-refractivity contribution in [1.82, 2.24) is 9.55 Å². The molecule has 1 aromatic heterocycles. The zero-order valence-electron chi connectivity index (χ0n) is 13.0. The van der Waals surface area contributed by atoms with Crippen LogP contribution < -0.4 is 4.74 Å². The molecule has 0 amide bonds. The fraction of sp³-hybridized carbons (Fsp3) is 0.562. The number of aromatic nitrogens is 2. The van der Waals surface area contributed by atoms with E-state index >= 15 is 0 Å². The molecule has 2 rings (SSSR count). The molecule has 3 nitrogen and oxygen atoms in total. The molecule has 0 fully saturated rings. The molecule has 1 aromatic carbocycles. The van der Waals surface area contributed by atoms with Gasteiger partial charge in [-0.05, 0) is 12.8 Å². The molecular weight excluding hydrogens is 291 g/mol. The highest BCUT2D eigenvalue weighted by molar-refractivity contribution is 6.16. The highest BCUT2D eigenvalue weighted by atomic mass is 35.5. The number of nitrogens with zero attached hydrogens (tertiary/aromatic N) is 2. The van der Waals surface area contributed by atoms with Crippen molar-refractivity contribution in [1.29, 1.82) is 0 Å². The second kappa shape index (κ2) is 6.65. The number of rotatable bonds is 6. The molecule has 21 heavy (non-hydrogen) atoms. The zero-order valence-corrected chi connectivity index (χ0v) is 13.7. The lowest BCUT2D eigenvalue weighted by molar-refractivity contribution is 0.334. The third-order valence-electron chi connectivity index (χ3n) is 4.29. The summed E-state index contributed by atoms with van der Waals surface area (Å²) in [5, 5.41) is 0. The van der Waals surface area contributed by atoms with E-state index in [4.69, 9.17) is 16.3 Å². The topological polar surface area (TPSA) is 27.1 Å². The normalized spacial score (nSPS) is 13.1. The van der Waals surface area contributed by atoms with E-state index in [1.807, 2.05) is 0 Å². The van der Waals surface area contributed by atoms with Crippen LogP contribution >= 0.6 is 11.6 Å². The van der Waals surface area contributed by atoms with Gasteiger partial charge in [0.2, 0.25) is 0 Å². The molecule has 1 atom stereocenters. The van der Waals surface area contributed by atoms with E-state index < -0.39 is 5.82 Å². The lowest BCUT2D eigenvalue weighted by Crippen LogP contribution is -2.17. The van der Waals surface area contributed by atoms with Crippen LogP contribution in [0.5, 0.6) is 5.75 Å². The van der Waals surface area contributed by atoms with E-state index in [1.165, 1.54) is 13.2 Å². The molecule has 2 aromatic rings. The van der Waals surface area contributed by atoms with Crippen LogP contribution in [0.25, 0.3) is 11.0 Å². The summed E-state index contributed by atoms with van der Waals surface area (Å²) in [6.45, 7) is 6.54. The van der Waals surface area contributed by atoms with E-state index in [9.17, 15) is 4.39 Å². The van der Waals surface area contributed by atoms with Gasteiger partial charge in [0, 0.05) is 18.2 Å². The van der Waals surface area contributed by atoms with Crippen molar-refractivity contribution in [3.8, 4) is 5.75 Å². The fourth-order valence-electron chi connectivity index (χ4n) is 3.03. The molecule has 0 saturated carbocycles. The third-order valence-corrected chi connectivity index (χ3v) is 4.53. The molecule has 0 saturated heterocycles. The molecular formula is C16H22ClFN2O. The van der Waals surface area contributed by atoms with E-state index in [1.54, 1.807) is 6.07 Å². The molecule has 1 unspecified atom stereocenters. The summed E-state index contributed by atoms with van der Waals surface area (Å²) in [6.07, 6.45) is 2.16.